The van der Waals surface area contributed by atoms with Gasteiger partial charge in [-0.25, -0.2) is 0 Å². The minimum Gasteiger partial charge on any atom is -0.398 e. The highest BCUT2D eigenvalue weighted by Crippen LogP contribution is 2.23. The minimum absolute atomic E-state index is 0.162. The van der Waals surface area contributed by atoms with Crippen LogP contribution in [0.25, 0.3) is 0 Å². The van der Waals surface area contributed by atoms with Gasteiger partial charge in [0.05, 0.1) is 10.6 Å². The zero-order valence-corrected chi connectivity index (χ0v) is 11.0. The van der Waals surface area contributed by atoms with Crippen molar-refractivity contribution < 1.29 is 4.79 Å². The molecule has 0 bridgehead atoms. The van der Waals surface area contributed by atoms with Crippen LogP contribution in [0.5, 0.6) is 0 Å². The number of carbonyl (C=O) groups is 1. The molecule has 1 heterocycles. The van der Waals surface area contributed by atoms with Crippen LogP contribution in [0, 0.1) is 0 Å². The van der Waals surface area contributed by atoms with Crippen molar-refractivity contribution in [3.8, 4) is 0 Å². The van der Waals surface area contributed by atoms with Crippen LogP contribution >= 0.6 is 23.4 Å². The van der Waals surface area contributed by atoms with E-state index in [0.29, 0.717) is 16.3 Å². The number of rotatable bonds is 2. The van der Waals surface area contributed by atoms with E-state index in [4.69, 9.17) is 17.3 Å². The van der Waals surface area contributed by atoms with E-state index in [1.54, 1.807) is 18.2 Å². The third-order valence-corrected chi connectivity index (χ3v) is 4.19. The standard InChI is InChI=1S/C12H15ClN2OS/c13-9-2-1-3-10(14)11(9)12(16)15-8-4-6-17-7-5-8/h1-3,8H,4-7,14H2,(H,15,16). The van der Waals surface area contributed by atoms with Crippen LogP contribution in [0.1, 0.15) is 23.2 Å². The van der Waals surface area contributed by atoms with Gasteiger partial charge in [-0.05, 0) is 36.5 Å². The van der Waals surface area contributed by atoms with Crippen molar-refractivity contribution in [2.45, 2.75) is 18.9 Å². The van der Waals surface area contributed by atoms with Gasteiger partial charge in [-0.1, -0.05) is 17.7 Å². The Hall–Kier alpha value is -0.870. The Labute approximate surface area is 110 Å². The van der Waals surface area contributed by atoms with Crippen molar-refractivity contribution in [2.75, 3.05) is 17.2 Å². The molecule has 0 aromatic heterocycles. The van der Waals surface area contributed by atoms with Crippen LogP contribution in [0.15, 0.2) is 18.2 Å². The lowest BCUT2D eigenvalue weighted by molar-refractivity contribution is 0.0936. The predicted octanol–water partition coefficient (Wildman–Crippen LogP) is 2.55. The molecule has 1 aromatic carbocycles. The molecular formula is C12H15ClN2OS. The molecule has 1 fully saturated rings. The molecule has 1 saturated heterocycles. The fourth-order valence-corrected chi connectivity index (χ4v) is 3.25. The number of amides is 1. The summed E-state index contributed by atoms with van der Waals surface area (Å²) in [5, 5.41) is 3.41. The zero-order valence-electron chi connectivity index (χ0n) is 9.41. The molecule has 2 rings (SSSR count). The van der Waals surface area contributed by atoms with E-state index in [9.17, 15) is 4.79 Å². The molecule has 92 valence electrons. The van der Waals surface area contributed by atoms with Crippen molar-refractivity contribution in [1.82, 2.24) is 5.32 Å². The van der Waals surface area contributed by atoms with Crippen molar-refractivity contribution in [2.24, 2.45) is 0 Å². The van der Waals surface area contributed by atoms with Crippen molar-refractivity contribution in [3.05, 3.63) is 28.8 Å². The summed E-state index contributed by atoms with van der Waals surface area (Å²) < 4.78 is 0. The molecule has 0 atom stereocenters. The molecule has 0 spiro atoms. The monoisotopic (exact) mass is 270 g/mol. The average molecular weight is 271 g/mol. The van der Waals surface area contributed by atoms with Crippen LogP contribution in [-0.2, 0) is 0 Å². The second-order valence-corrected chi connectivity index (χ2v) is 5.70. The Bertz CT molecular complexity index is 399. The third kappa shape index (κ3) is 3.07. The number of nitrogens with two attached hydrogens (primary N) is 1. The topological polar surface area (TPSA) is 55.1 Å². The summed E-state index contributed by atoms with van der Waals surface area (Å²) in [6, 6.07) is 5.37. The normalized spacial score (nSPS) is 16.8. The zero-order chi connectivity index (χ0) is 12.3. The number of carbonyl (C=O) groups excluding carboxylic acids is 1. The van der Waals surface area contributed by atoms with Crippen LogP contribution < -0.4 is 11.1 Å². The molecule has 3 nitrogen and oxygen atoms in total. The lowest BCUT2D eigenvalue weighted by Gasteiger charge is -2.23. The molecule has 0 saturated carbocycles. The second-order valence-electron chi connectivity index (χ2n) is 4.06. The Kier molecular flexibility index (Phi) is 4.18. The number of hydrogen-bond donors (Lipinski definition) is 2. The molecule has 0 unspecified atom stereocenters. The largest absolute Gasteiger partial charge is 0.398 e. The molecule has 5 heteroatoms. The van der Waals surface area contributed by atoms with Crippen LogP contribution in [0.4, 0.5) is 5.69 Å². The second kappa shape index (κ2) is 5.65. The van der Waals surface area contributed by atoms with Gasteiger partial charge in [0.1, 0.15) is 0 Å². The van der Waals surface area contributed by atoms with E-state index in [1.165, 1.54) is 0 Å². The molecule has 1 aromatic rings. The first-order valence-electron chi connectivity index (χ1n) is 5.61. The van der Waals surface area contributed by atoms with Gasteiger partial charge in [0, 0.05) is 11.7 Å². The maximum absolute atomic E-state index is 12.1. The molecule has 1 amide bonds. The van der Waals surface area contributed by atoms with Gasteiger partial charge in [0.25, 0.3) is 5.91 Å². The Balaban J connectivity index is 2.08. The first-order chi connectivity index (χ1) is 8.18. The summed E-state index contributed by atoms with van der Waals surface area (Å²) in [7, 11) is 0. The van der Waals surface area contributed by atoms with E-state index < -0.39 is 0 Å². The van der Waals surface area contributed by atoms with Gasteiger partial charge in [0.15, 0.2) is 0 Å². The molecule has 3 N–H and O–H groups in total. The van der Waals surface area contributed by atoms with Crippen LogP contribution in [-0.4, -0.2) is 23.5 Å². The summed E-state index contributed by atoms with van der Waals surface area (Å²) >= 11 is 7.92. The average Bonchev–Trinajstić information content (AvgIpc) is 2.30. The maximum atomic E-state index is 12.1. The van der Waals surface area contributed by atoms with Gasteiger partial charge in [-0.3, -0.25) is 4.79 Å². The summed E-state index contributed by atoms with van der Waals surface area (Å²) in [6.45, 7) is 0. The summed E-state index contributed by atoms with van der Waals surface area (Å²) in [6.07, 6.45) is 2.03. The number of nitrogens with one attached hydrogen (secondary N) is 1. The first kappa shape index (κ1) is 12.6. The van der Waals surface area contributed by atoms with Crippen molar-refractivity contribution in [1.29, 1.82) is 0 Å². The van der Waals surface area contributed by atoms with Gasteiger partial charge >= 0.3 is 0 Å². The predicted molar refractivity (Wildman–Crippen MR) is 73.7 cm³/mol. The summed E-state index contributed by atoms with van der Waals surface area (Å²) in [4.78, 5) is 12.1. The first-order valence-corrected chi connectivity index (χ1v) is 7.14. The summed E-state index contributed by atoms with van der Waals surface area (Å²) in [5.74, 6) is 2.04. The van der Waals surface area contributed by atoms with Gasteiger partial charge in [-0.15, -0.1) is 0 Å². The Morgan fingerprint density at radius 2 is 2.12 bits per heavy atom. The molecule has 17 heavy (non-hydrogen) atoms. The van der Waals surface area contributed by atoms with E-state index in [0.717, 1.165) is 24.3 Å². The van der Waals surface area contributed by atoms with Gasteiger partial charge in [-0.2, -0.15) is 11.8 Å². The lowest BCUT2D eigenvalue weighted by atomic mass is 10.1. The number of anilines is 1. The Morgan fingerprint density at radius 1 is 1.41 bits per heavy atom. The number of halogens is 1. The highest BCUT2D eigenvalue weighted by atomic mass is 35.5. The highest BCUT2D eigenvalue weighted by Gasteiger charge is 2.19. The summed E-state index contributed by atoms with van der Waals surface area (Å²) in [5.41, 5.74) is 6.60. The van der Waals surface area contributed by atoms with E-state index in [1.807, 2.05) is 11.8 Å². The third-order valence-electron chi connectivity index (χ3n) is 2.83. The van der Waals surface area contributed by atoms with Crippen LogP contribution in [0.3, 0.4) is 0 Å². The maximum Gasteiger partial charge on any atom is 0.255 e. The number of nitrogen functional groups attached to an aromatic ring is 1. The number of thioether (sulfide) groups is 1. The van der Waals surface area contributed by atoms with Crippen molar-refractivity contribution in [3.63, 3.8) is 0 Å². The minimum atomic E-state index is -0.162. The molecule has 1 aliphatic heterocycles. The van der Waals surface area contributed by atoms with Gasteiger partial charge in [0.2, 0.25) is 0 Å². The fourth-order valence-electron chi connectivity index (χ4n) is 1.88. The fraction of sp³-hybridized carbons (Fsp3) is 0.417. The molecule has 1 aliphatic rings. The quantitative estimate of drug-likeness (QED) is 0.812. The molecule has 0 aliphatic carbocycles. The highest BCUT2D eigenvalue weighted by molar-refractivity contribution is 7.99. The lowest BCUT2D eigenvalue weighted by Crippen LogP contribution is -2.37. The smallest absolute Gasteiger partial charge is 0.255 e. The SMILES string of the molecule is Nc1cccc(Cl)c1C(=O)NC1CCSCC1. The van der Waals surface area contributed by atoms with Crippen molar-refractivity contribution >= 4 is 35.0 Å². The van der Waals surface area contributed by atoms with Crippen LogP contribution in [0.2, 0.25) is 5.02 Å². The molecule has 0 radical (unpaired) electrons. The van der Waals surface area contributed by atoms with E-state index >= 15 is 0 Å². The van der Waals surface area contributed by atoms with E-state index in [-0.39, 0.29) is 11.9 Å². The van der Waals surface area contributed by atoms with E-state index in [2.05, 4.69) is 5.32 Å². The number of benzene rings is 1. The molecular weight excluding hydrogens is 256 g/mol. The number of hydrogen-bond acceptors (Lipinski definition) is 3. The Morgan fingerprint density at radius 3 is 2.76 bits per heavy atom. The van der Waals surface area contributed by atoms with Gasteiger partial charge < -0.3 is 11.1 Å².